The number of sulfonamides is 1. The summed E-state index contributed by atoms with van der Waals surface area (Å²) in [5, 5.41) is 5.67. The largest absolute Gasteiger partial charge is 0.318 e. The van der Waals surface area contributed by atoms with Crippen molar-refractivity contribution in [1.29, 1.82) is 0 Å². The van der Waals surface area contributed by atoms with Crippen molar-refractivity contribution >= 4 is 10.0 Å². The molecule has 0 saturated heterocycles. The molecule has 0 saturated carbocycles. The maximum absolute atomic E-state index is 12.6. The van der Waals surface area contributed by atoms with E-state index in [1.54, 1.807) is 50.3 Å². The zero-order valence-corrected chi connectivity index (χ0v) is 14.2. The minimum Gasteiger partial charge on any atom is -0.318 e. The van der Waals surface area contributed by atoms with Gasteiger partial charge >= 0.3 is 0 Å². The Morgan fingerprint density at radius 2 is 1.70 bits per heavy atom. The van der Waals surface area contributed by atoms with Crippen LogP contribution in [0, 0.1) is 0 Å². The number of aryl methyl sites for hydroxylation is 1. The van der Waals surface area contributed by atoms with Crippen LogP contribution in [0.25, 0.3) is 0 Å². The fraction of sp³-hybridized carbons (Fsp3) is 0.312. The van der Waals surface area contributed by atoms with E-state index in [9.17, 15) is 13.2 Å². The second kappa shape index (κ2) is 6.27. The summed E-state index contributed by atoms with van der Waals surface area (Å²) in [6.07, 6.45) is 1.53. The van der Waals surface area contributed by atoms with E-state index in [-0.39, 0.29) is 12.1 Å². The van der Waals surface area contributed by atoms with Gasteiger partial charge in [0.1, 0.15) is 4.75 Å². The van der Waals surface area contributed by atoms with Crippen molar-refractivity contribution in [1.82, 2.24) is 9.47 Å². The molecule has 0 aliphatic carbocycles. The Morgan fingerprint density at radius 3 is 2.17 bits per heavy atom. The first-order valence-corrected chi connectivity index (χ1v) is 8.63. The third kappa shape index (κ3) is 3.21. The Morgan fingerprint density at radius 1 is 1.09 bits per heavy atom. The molecule has 0 radical (unpaired) electrons. The van der Waals surface area contributed by atoms with E-state index < -0.39 is 14.8 Å². The van der Waals surface area contributed by atoms with Crippen LogP contribution in [-0.2, 0) is 21.8 Å². The lowest BCUT2D eigenvalue weighted by Gasteiger charge is -2.35. The first kappa shape index (κ1) is 17.4. The summed E-state index contributed by atoms with van der Waals surface area (Å²) in [6, 6.07) is 11.7. The number of benzene rings is 1. The second-order valence-corrected chi connectivity index (χ2v) is 7.63. The number of nitrogens with zero attached hydrogens (tertiary/aromatic N) is 2. The number of rotatable bonds is 5. The maximum Gasteiger partial charge on any atom is 0.250 e. The molecule has 1 aromatic heterocycles. The van der Waals surface area contributed by atoms with Gasteiger partial charge in [-0.1, -0.05) is 36.4 Å². The van der Waals surface area contributed by atoms with E-state index in [2.05, 4.69) is 0 Å². The molecule has 1 heterocycles. The smallest absolute Gasteiger partial charge is 0.250 e. The van der Waals surface area contributed by atoms with Crippen LogP contribution in [0.5, 0.6) is 0 Å². The molecule has 124 valence electrons. The third-order valence-electron chi connectivity index (χ3n) is 3.82. The van der Waals surface area contributed by atoms with Crippen LogP contribution in [0.1, 0.15) is 11.1 Å². The Kier molecular flexibility index (Phi) is 4.74. The molecule has 2 rings (SSSR count). The van der Waals surface area contributed by atoms with Gasteiger partial charge in [0.05, 0.1) is 0 Å². The zero-order chi connectivity index (χ0) is 17.3. The quantitative estimate of drug-likeness (QED) is 0.861. The van der Waals surface area contributed by atoms with Crippen molar-refractivity contribution in [2.24, 2.45) is 12.2 Å². The lowest BCUT2D eigenvalue weighted by molar-refractivity contribution is 0.363. The monoisotopic (exact) mass is 335 g/mol. The number of aromatic nitrogens is 1. The molecule has 0 aliphatic rings. The van der Waals surface area contributed by atoms with Gasteiger partial charge in [-0.2, -0.15) is 0 Å². The van der Waals surface area contributed by atoms with Gasteiger partial charge in [-0.3, -0.25) is 4.79 Å². The first-order chi connectivity index (χ1) is 10.7. The van der Waals surface area contributed by atoms with E-state index in [1.807, 2.05) is 6.07 Å². The lowest BCUT2D eigenvalue weighted by atomic mass is 9.90. The number of pyridine rings is 1. The van der Waals surface area contributed by atoms with E-state index in [0.29, 0.717) is 11.1 Å². The SMILES string of the molecule is CN(C)CC(c1ccccc1)(c1ccc(=O)n(C)c1)S(N)(=O)=O. The van der Waals surface area contributed by atoms with Gasteiger partial charge in [-0.25, -0.2) is 13.6 Å². The molecule has 23 heavy (non-hydrogen) atoms. The highest BCUT2D eigenvalue weighted by molar-refractivity contribution is 7.90. The van der Waals surface area contributed by atoms with E-state index in [4.69, 9.17) is 5.14 Å². The summed E-state index contributed by atoms with van der Waals surface area (Å²) >= 11 is 0. The summed E-state index contributed by atoms with van der Waals surface area (Å²) in [5.41, 5.74) is 0.812. The van der Waals surface area contributed by atoms with Gasteiger partial charge in [0, 0.05) is 25.9 Å². The molecule has 0 bridgehead atoms. The molecule has 6 nitrogen and oxygen atoms in total. The highest BCUT2D eigenvalue weighted by atomic mass is 32.2. The van der Waals surface area contributed by atoms with Crippen molar-refractivity contribution in [3.05, 3.63) is 70.1 Å². The van der Waals surface area contributed by atoms with Crippen LogP contribution < -0.4 is 10.7 Å². The second-order valence-electron chi connectivity index (χ2n) is 5.84. The molecule has 1 aromatic carbocycles. The van der Waals surface area contributed by atoms with E-state index in [0.717, 1.165) is 0 Å². The Bertz CT molecular complexity index is 844. The van der Waals surface area contributed by atoms with Crippen molar-refractivity contribution in [3.8, 4) is 0 Å². The summed E-state index contributed by atoms with van der Waals surface area (Å²) in [4.78, 5) is 13.4. The van der Waals surface area contributed by atoms with Crippen molar-refractivity contribution in [3.63, 3.8) is 0 Å². The molecule has 0 amide bonds. The van der Waals surface area contributed by atoms with Gasteiger partial charge < -0.3 is 9.47 Å². The number of hydrogen-bond donors (Lipinski definition) is 1. The van der Waals surface area contributed by atoms with Gasteiger partial charge in [0.25, 0.3) is 0 Å². The Hall–Kier alpha value is -1.96. The molecule has 0 fully saturated rings. The predicted molar refractivity (Wildman–Crippen MR) is 90.6 cm³/mol. The number of likely N-dealkylation sites (N-methyl/N-ethyl adjacent to an activating group) is 1. The standard InChI is InChI=1S/C16H21N3O3S/c1-18(2)12-16(23(17,21)22,13-7-5-4-6-8-13)14-9-10-15(20)19(3)11-14/h4-11H,12H2,1-3H3,(H2,17,21,22). The summed E-state index contributed by atoms with van der Waals surface area (Å²) in [7, 11) is 1.13. The molecular formula is C16H21N3O3S. The van der Waals surface area contributed by atoms with Gasteiger partial charge in [-0.05, 0) is 25.2 Å². The van der Waals surface area contributed by atoms with Crippen molar-refractivity contribution in [2.45, 2.75) is 4.75 Å². The fourth-order valence-corrected chi connectivity index (χ4v) is 4.11. The molecule has 2 N–H and O–H groups in total. The van der Waals surface area contributed by atoms with E-state index >= 15 is 0 Å². The summed E-state index contributed by atoms with van der Waals surface area (Å²) < 4.78 is 25.2. The zero-order valence-electron chi connectivity index (χ0n) is 13.4. The van der Waals surface area contributed by atoms with E-state index in [1.165, 1.54) is 22.9 Å². The van der Waals surface area contributed by atoms with Gasteiger partial charge in [0.2, 0.25) is 15.6 Å². The van der Waals surface area contributed by atoms with Crippen LogP contribution in [0.2, 0.25) is 0 Å². The molecule has 7 heteroatoms. The van der Waals surface area contributed by atoms with Gasteiger partial charge in [0.15, 0.2) is 0 Å². The number of hydrogen-bond acceptors (Lipinski definition) is 4. The third-order valence-corrected chi connectivity index (χ3v) is 5.39. The fourth-order valence-electron chi connectivity index (χ4n) is 2.75. The molecule has 1 atom stereocenters. The molecule has 0 aliphatic heterocycles. The topological polar surface area (TPSA) is 85.4 Å². The Labute approximate surface area is 136 Å². The Balaban J connectivity index is 2.87. The highest BCUT2D eigenvalue weighted by Crippen LogP contribution is 2.36. The van der Waals surface area contributed by atoms with Crippen molar-refractivity contribution in [2.75, 3.05) is 20.6 Å². The molecule has 1 unspecified atom stereocenters. The first-order valence-electron chi connectivity index (χ1n) is 7.08. The predicted octanol–water partition coefficient (Wildman–Crippen LogP) is 0.479. The normalized spacial score (nSPS) is 14.7. The minimum atomic E-state index is -4.01. The number of primary sulfonamides is 1. The minimum absolute atomic E-state index is 0.161. The molecular weight excluding hydrogens is 314 g/mol. The highest BCUT2D eigenvalue weighted by Gasteiger charge is 2.46. The van der Waals surface area contributed by atoms with Crippen molar-refractivity contribution < 1.29 is 8.42 Å². The van der Waals surface area contributed by atoms with Crippen LogP contribution in [0.3, 0.4) is 0 Å². The lowest BCUT2D eigenvalue weighted by Crippen LogP contribution is -2.49. The van der Waals surface area contributed by atoms with Crippen LogP contribution in [-0.4, -0.2) is 38.5 Å². The maximum atomic E-state index is 12.6. The summed E-state index contributed by atoms with van der Waals surface area (Å²) in [5.74, 6) is 0. The van der Waals surface area contributed by atoms with Crippen LogP contribution in [0.4, 0.5) is 0 Å². The average molecular weight is 335 g/mol. The molecule has 2 aromatic rings. The summed E-state index contributed by atoms with van der Waals surface area (Å²) in [6.45, 7) is 0.161. The number of nitrogens with two attached hydrogens (primary N) is 1. The average Bonchev–Trinajstić information content (AvgIpc) is 2.47. The van der Waals surface area contributed by atoms with Crippen LogP contribution >= 0.6 is 0 Å². The van der Waals surface area contributed by atoms with Gasteiger partial charge in [-0.15, -0.1) is 0 Å². The molecule has 0 spiro atoms. The van der Waals surface area contributed by atoms with Crippen LogP contribution in [0.15, 0.2) is 53.5 Å².